The number of primary amides is 1. The number of unbranched alkanes of at least 4 members (excludes halogenated alkanes) is 1. The lowest BCUT2D eigenvalue weighted by molar-refractivity contribution is -0.140. The molecule has 0 aromatic rings. The summed E-state index contributed by atoms with van der Waals surface area (Å²) in [5.74, 6) is -0.364. The third kappa shape index (κ3) is 12.3. The van der Waals surface area contributed by atoms with E-state index < -0.39 is 11.9 Å². The molecule has 0 aromatic heterocycles. The maximum absolute atomic E-state index is 12.3. The van der Waals surface area contributed by atoms with Crippen molar-refractivity contribution in [3.05, 3.63) is 67.2 Å². The minimum atomic E-state index is -0.458. The van der Waals surface area contributed by atoms with Crippen molar-refractivity contribution in [2.45, 2.75) is 77.2 Å². The Morgan fingerprint density at radius 3 is 1.97 bits per heavy atom. The van der Waals surface area contributed by atoms with E-state index in [4.69, 9.17) is 5.73 Å². The minimum Gasteiger partial charge on any atom is -0.368 e. The van der Waals surface area contributed by atoms with Crippen molar-refractivity contribution < 1.29 is 9.59 Å². The van der Waals surface area contributed by atoms with Gasteiger partial charge in [-0.15, -0.1) is 0 Å². The molecule has 2 N–H and O–H groups in total. The normalized spacial score (nSPS) is 18.0. The maximum atomic E-state index is 12.3. The number of carbonyl (C=O) groups is 2. The molecule has 30 heavy (non-hydrogen) atoms. The van der Waals surface area contributed by atoms with E-state index in [0.717, 1.165) is 51.4 Å². The molecule has 1 aliphatic rings. The van der Waals surface area contributed by atoms with Crippen LogP contribution in [0, 0.1) is 6.42 Å². The summed E-state index contributed by atoms with van der Waals surface area (Å²) in [7, 11) is 0. The van der Waals surface area contributed by atoms with Crippen LogP contribution in [-0.2, 0) is 9.59 Å². The Morgan fingerprint density at radius 2 is 1.43 bits per heavy atom. The van der Waals surface area contributed by atoms with Crippen molar-refractivity contribution in [1.82, 2.24) is 4.90 Å². The number of carbonyl (C=O) groups excluding carboxylic acids is 2. The van der Waals surface area contributed by atoms with E-state index in [2.05, 4.69) is 67.7 Å². The number of nitrogens with zero attached hydrogens (tertiary/aromatic N) is 1. The summed E-state index contributed by atoms with van der Waals surface area (Å²) in [6, 6.07) is -0.458. The van der Waals surface area contributed by atoms with Crippen LogP contribution in [0.25, 0.3) is 0 Å². The van der Waals surface area contributed by atoms with Gasteiger partial charge >= 0.3 is 0 Å². The third-order valence-electron chi connectivity index (χ3n) is 4.91. The maximum Gasteiger partial charge on any atom is 0.240 e. The van der Waals surface area contributed by atoms with Crippen LogP contribution in [0.2, 0.25) is 0 Å². The number of amides is 2. The summed E-state index contributed by atoms with van der Waals surface area (Å²) < 4.78 is 0. The highest BCUT2D eigenvalue weighted by Gasteiger charge is 2.29. The zero-order valence-electron chi connectivity index (χ0n) is 18.5. The molecule has 2 amide bonds. The Bertz CT molecular complexity index is 629. The van der Waals surface area contributed by atoms with Crippen LogP contribution in [0.15, 0.2) is 60.8 Å². The van der Waals surface area contributed by atoms with Gasteiger partial charge in [-0.25, -0.2) is 0 Å². The molecule has 1 unspecified atom stereocenters. The molecule has 0 bridgehead atoms. The quantitative estimate of drug-likeness (QED) is 0.299. The summed E-state index contributed by atoms with van der Waals surface area (Å²) >= 11 is 0. The molecule has 1 saturated heterocycles. The van der Waals surface area contributed by atoms with Crippen molar-refractivity contribution in [2.24, 2.45) is 5.73 Å². The number of hydrogen-bond donors (Lipinski definition) is 1. The average Bonchev–Trinajstić information content (AvgIpc) is 2.75. The van der Waals surface area contributed by atoms with Crippen LogP contribution in [0.1, 0.15) is 71.1 Å². The van der Waals surface area contributed by atoms with Crippen LogP contribution < -0.4 is 5.73 Å². The van der Waals surface area contributed by atoms with Crippen LogP contribution in [0.3, 0.4) is 0 Å². The van der Waals surface area contributed by atoms with Gasteiger partial charge in [0.1, 0.15) is 6.04 Å². The first-order chi connectivity index (χ1) is 14.7. The average molecular weight is 412 g/mol. The van der Waals surface area contributed by atoms with Crippen LogP contribution in [0.5, 0.6) is 0 Å². The molecule has 1 aliphatic heterocycles. The van der Waals surface area contributed by atoms with Gasteiger partial charge < -0.3 is 10.6 Å². The van der Waals surface area contributed by atoms with E-state index >= 15 is 0 Å². The molecule has 4 heteroatoms. The summed E-state index contributed by atoms with van der Waals surface area (Å²) in [4.78, 5) is 25.5. The molecule has 1 heterocycles. The second-order valence-electron chi connectivity index (χ2n) is 7.42. The van der Waals surface area contributed by atoms with Crippen molar-refractivity contribution in [3.63, 3.8) is 0 Å². The Kier molecular flexibility index (Phi) is 15.0. The molecule has 1 fully saturated rings. The lowest BCUT2D eigenvalue weighted by Gasteiger charge is -2.33. The van der Waals surface area contributed by atoms with Gasteiger partial charge in [0.25, 0.3) is 0 Å². The molecular weight excluding hydrogens is 372 g/mol. The largest absolute Gasteiger partial charge is 0.368 e. The number of allylic oxidation sites excluding steroid dienone is 10. The zero-order chi connectivity index (χ0) is 21.9. The molecular formula is C26H39N2O2. The molecule has 1 rings (SSSR count). The van der Waals surface area contributed by atoms with Crippen molar-refractivity contribution in [1.29, 1.82) is 0 Å². The van der Waals surface area contributed by atoms with Gasteiger partial charge in [0, 0.05) is 13.0 Å². The first kappa shape index (κ1) is 25.7. The van der Waals surface area contributed by atoms with Crippen molar-refractivity contribution in [3.8, 4) is 0 Å². The Morgan fingerprint density at radius 1 is 0.900 bits per heavy atom. The van der Waals surface area contributed by atoms with Crippen molar-refractivity contribution >= 4 is 11.8 Å². The number of nitrogens with two attached hydrogens (primary N) is 1. The monoisotopic (exact) mass is 411 g/mol. The fraction of sp³-hybridized carbons (Fsp3) is 0.500. The van der Waals surface area contributed by atoms with Crippen LogP contribution in [-0.4, -0.2) is 29.3 Å². The third-order valence-corrected chi connectivity index (χ3v) is 4.91. The number of piperidine rings is 1. The van der Waals surface area contributed by atoms with Gasteiger partial charge in [-0.1, -0.05) is 67.7 Å². The highest BCUT2D eigenvalue weighted by Crippen LogP contribution is 2.17. The van der Waals surface area contributed by atoms with E-state index in [9.17, 15) is 9.59 Å². The molecule has 0 saturated carbocycles. The Labute approximate surface area is 183 Å². The molecule has 0 spiro atoms. The lowest BCUT2D eigenvalue weighted by atomic mass is 10.0. The fourth-order valence-electron chi connectivity index (χ4n) is 3.24. The van der Waals surface area contributed by atoms with Crippen LogP contribution >= 0.6 is 0 Å². The number of hydrogen-bond acceptors (Lipinski definition) is 2. The van der Waals surface area contributed by atoms with Gasteiger partial charge in [-0.2, -0.15) is 0 Å². The fourth-order valence-corrected chi connectivity index (χ4v) is 3.24. The highest BCUT2D eigenvalue weighted by atomic mass is 16.2. The van der Waals surface area contributed by atoms with E-state index in [1.807, 2.05) is 6.42 Å². The predicted octanol–water partition coefficient (Wildman–Crippen LogP) is 5.59. The molecule has 1 radical (unpaired) electrons. The topological polar surface area (TPSA) is 63.4 Å². The molecule has 4 nitrogen and oxygen atoms in total. The predicted molar refractivity (Wildman–Crippen MR) is 127 cm³/mol. The van der Waals surface area contributed by atoms with Gasteiger partial charge in [0.05, 0.1) is 0 Å². The van der Waals surface area contributed by atoms with E-state index in [1.165, 1.54) is 0 Å². The summed E-state index contributed by atoms with van der Waals surface area (Å²) in [6.07, 6.45) is 32.4. The van der Waals surface area contributed by atoms with Crippen LogP contribution in [0.4, 0.5) is 0 Å². The smallest absolute Gasteiger partial charge is 0.240 e. The summed E-state index contributed by atoms with van der Waals surface area (Å²) in [5.41, 5.74) is 5.41. The molecule has 0 aliphatic carbocycles. The first-order valence-electron chi connectivity index (χ1n) is 11.3. The molecule has 0 aromatic carbocycles. The summed E-state index contributed by atoms with van der Waals surface area (Å²) in [5, 5.41) is 0. The van der Waals surface area contributed by atoms with Gasteiger partial charge in [0.15, 0.2) is 0 Å². The standard InChI is InChI=1S/C26H39N2O2/c1-2-3-4-5-6-7-8-9-10-11-12-13-14-15-16-17-18-22-25(29)28-23-20-19-21-24(28)26(27)30/h3-4,6-7,9-10,12-13,15-16,19,24H,2,5,8,11,14,17-18,20-23H2,1H3,(H2,27,30)/b4-3-,7-6-,10-9-,13-12-,16-15-. The highest BCUT2D eigenvalue weighted by molar-refractivity contribution is 5.87. The van der Waals surface area contributed by atoms with Gasteiger partial charge in [0.2, 0.25) is 11.8 Å². The number of rotatable bonds is 14. The molecule has 165 valence electrons. The molecule has 1 atom stereocenters. The Hall–Kier alpha value is -2.36. The Balaban J connectivity index is 2.07. The minimum absolute atomic E-state index is 0.0410. The summed E-state index contributed by atoms with van der Waals surface area (Å²) in [6.45, 7) is 2.75. The first-order valence-corrected chi connectivity index (χ1v) is 11.3. The van der Waals surface area contributed by atoms with Crippen molar-refractivity contribution in [2.75, 3.05) is 6.54 Å². The zero-order valence-corrected chi connectivity index (χ0v) is 18.5. The van der Waals surface area contributed by atoms with Gasteiger partial charge in [-0.3, -0.25) is 9.59 Å². The second-order valence-corrected chi connectivity index (χ2v) is 7.42. The second kappa shape index (κ2) is 17.5. The van der Waals surface area contributed by atoms with Gasteiger partial charge in [-0.05, 0) is 64.2 Å². The number of likely N-dealkylation sites (tertiary alicyclic amines) is 1. The van der Waals surface area contributed by atoms with E-state index in [0.29, 0.717) is 19.4 Å². The lowest BCUT2D eigenvalue weighted by Crippen LogP contribution is -2.50. The van der Waals surface area contributed by atoms with E-state index in [-0.39, 0.29) is 5.91 Å². The SMILES string of the molecule is CC/C=C\C/C=C\C/C=C\C/C=C\C/C=C\CCCC(=O)N1CC[CH]CC1C(N)=O. The van der Waals surface area contributed by atoms with E-state index in [1.54, 1.807) is 4.90 Å².